The molecule has 1 aromatic heterocycles. The lowest BCUT2D eigenvalue weighted by Crippen LogP contribution is -2.35. The largest absolute Gasteiger partial charge is 0.493 e. The van der Waals surface area contributed by atoms with Crippen molar-refractivity contribution in [1.82, 2.24) is 9.97 Å². The quantitative estimate of drug-likeness (QED) is 0.902. The number of ether oxygens (including phenoxy) is 1. The van der Waals surface area contributed by atoms with Crippen molar-refractivity contribution in [2.45, 2.75) is 26.3 Å². The topological polar surface area (TPSA) is 84.3 Å². The maximum absolute atomic E-state index is 11.4. The minimum atomic E-state index is -0.891. The Bertz CT molecular complexity index is 731. The van der Waals surface area contributed by atoms with Gasteiger partial charge in [0.2, 0.25) is 0 Å². The summed E-state index contributed by atoms with van der Waals surface area (Å²) in [7, 11) is 0. The Morgan fingerprint density at radius 2 is 2.09 bits per heavy atom. The van der Waals surface area contributed by atoms with E-state index in [2.05, 4.69) is 15.3 Å². The van der Waals surface area contributed by atoms with Crippen LogP contribution in [0.1, 0.15) is 19.4 Å². The Labute approximate surface area is 134 Å². The monoisotopic (exact) mass is 313 g/mol. The molecule has 1 atom stereocenters. The summed E-state index contributed by atoms with van der Waals surface area (Å²) in [4.78, 5) is 20.1. The van der Waals surface area contributed by atoms with Gasteiger partial charge in [-0.3, -0.25) is 0 Å². The number of hydrogen-bond donors (Lipinski definition) is 2. The Balaban J connectivity index is 2.05. The number of nitrogens with one attached hydrogen (secondary N) is 1. The van der Waals surface area contributed by atoms with Gasteiger partial charge < -0.3 is 15.2 Å². The number of fused-ring (bicyclic) bond motifs is 3. The number of carbonyl (C=O) groups is 1. The van der Waals surface area contributed by atoms with Crippen LogP contribution >= 0.6 is 0 Å². The maximum Gasteiger partial charge on any atom is 0.326 e. The number of aromatic nitrogens is 2. The van der Waals surface area contributed by atoms with Crippen molar-refractivity contribution in [2.75, 3.05) is 11.9 Å². The fraction of sp³-hybridized carbons (Fsp3) is 0.353. The first-order chi connectivity index (χ1) is 11.1. The summed E-state index contributed by atoms with van der Waals surface area (Å²) in [6.07, 6.45) is 2.08. The molecule has 0 amide bonds. The maximum atomic E-state index is 11.4. The number of hydrogen-bond acceptors (Lipinski definition) is 5. The zero-order chi connectivity index (χ0) is 16.4. The Morgan fingerprint density at radius 3 is 2.83 bits per heavy atom. The molecule has 0 aliphatic carbocycles. The van der Waals surface area contributed by atoms with Crippen molar-refractivity contribution >= 4 is 11.8 Å². The van der Waals surface area contributed by atoms with Gasteiger partial charge >= 0.3 is 5.97 Å². The molecule has 1 aliphatic heterocycles. The average molecular weight is 313 g/mol. The zero-order valence-corrected chi connectivity index (χ0v) is 13.1. The van der Waals surface area contributed by atoms with Crippen LogP contribution < -0.4 is 10.1 Å². The van der Waals surface area contributed by atoms with Gasteiger partial charge in [-0.15, -0.1) is 0 Å². The summed E-state index contributed by atoms with van der Waals surface area (Å²) < 4.78 is 5.77. The van der Waals surface area contributed by atoms with Crippen LogP contribution in [0.4, 0.5) is 5.82 Å². The van der Waals surface area contributed by atoms with Crippen molar-refractivity contribution in [1.29, 1.82) is 0 Å². The van der Waals surface area contributed by atoms with Crippen molar-refractivity contribution in [3.63, 3.8) is 0 Å². The van der Waals surface area contributed by atoms with Crippen LogP contribution in [0, 0.1) is 5.92 Å². The van der Waals surface area contributed by atoms with Gasteiger partial charge in [-0.1, -0.05) is 26.0 Å². The van der Waals surface area contributed by atoms with Crippen LogP contribution in [0.5, 0.6) is 5.75 Å². The fourth-order valence-corrected chi connectivity index (χ4v) is 2.72. The molecule has 0 radical (unpaired) electrons. The molecule has 0 fully saturated rings. The van der Waals surface area contributed by atoms with E-state index >= 15 is 0 Å². The van der Waals surface area contributed by atoms with Crippen molar-refractivity contribution < 1.29 is 14.6 Å². The number of nitrogens with zero attached hydrogens (tertiary/aromatic N) is 2. The van der Waals surface area contributed by atoms with Crippen LogP contribution in [0.15, 0.2) is 30.6 Å². The van der Waals surface area contributed by atoms with Crippen molar-refractivity contribution in [2.24, 2.45) is 5.92 Å². The van der Waals surface area contributed by atoms with Gasteiger partial charge in [-0.25, -0.2) is 14.8 Å². The summed E-state index contributed by atoms with van der Waals surface area (Å²) >= 11 is 0. The molecule has 120 valence electrons. The number of para-hydroxylation sites is 1. The van der Waals surface area contributed by atoms with E-state index in [-0.39, 0.29) is 5.92 Å². The molecule has 0 saturated carbocycles. The van der Waals surface area contributed by atoms with E-state index in [1.165, 1.54) is 6.33 Å². The number of anilines is 1. The van der Waals surface area contributed by atoms with Gasteiger partial charge in [-0.05, 0) is 18.1 Å². The SMILES string of the molecule is CC(C)C(Nc1ncnc2c1CCOc1ccccc1-2)C(=O)O. The van der Waals surface area contributed by atoms with E-state index < -0.39 is 12.0 Å². The third kappa shape index (κ3) is 2.97. The van der Waals surface area contributed by atoms with E-state index in [9.17, 15) is 9.90 Å². The van der Waals surface area contributed by atoms with E-state index in [1.807, 2.05) is 38.1 Å². The summed E-state index contributed by atoms with van der Waals surface area (Å²) in [5.74, 6) is 0.399. The van der Waals surface area contributed by atoms with E-state index in [1.54, 1.807) is 0 Å². The number of rotatable bonds is 4. The third-order valence-corrected chi connectivity index (χ3v) is 3.92. The predicted octanol–water partition coefficient (Wildman–Crippen LogP) is 2.60. The molecule has 0 bridgehead atoms. The smallest absolute Gasteiger partial charge is 0.326 e. The Kier molecular flexibility index (Phi) is 4.14. The second kappa shape index (κ2) is 6.24. The molecule has 2 heterocycles. The molecule has 6 nitrogen and oxygen atoms in total. The normalized spacial score (nSPS) is 14.2. The van der Waals surface area contributed by atoms with Crippen LogP contribution in [0.25, 0.3) is 11.3 Å². The molecule has 2 aromatic rings. The van der Waals surface area contributed by atoms with Gasteiger partial charge in [0.25, 0.3) is 0 Å². The molecule has 6 heteroatoms. The number of aliphatic carboxylic acids is 1. The molecule has 23 heavy (non-hydrogen) atoms. The minimum absolute atomic E-state index is 0.0626. The summed E-state index contributed by atoms with van der Waals surface area (Å²) in [6.45, 7) is 4.24. The van der Waals surface area contributed by atoms with Crippen molar-refractivity contribution in [3.8, 4) is 17.0 Å². The average Bonchev–Trinajstić information content (AvgIpc) is 2.72. The summed E-state index contributed by atoms with van der Waals surface area (Å²) in [5, 5.41) is 12.5. The lowest BCUT2D eigenvalue weighted by atomic mass is 10.0. The highest BCUT2D eigenvalue weighted by Crippen LogP contribution is 2.35. The van der Waals surface area contributed by atoms with E-state index in [0.29, 0.717) is 18.8 Å². The van der Waals surface area contributed by atoms with Crippen LogP contribution in [0.3, 0.4) is 0 Å². The van der Waals surface area contributed by atoms with Crippen LogP contribution in [-0.2, 0) is 11.2 Å². The van der Waals surface area contributed by atoms with Gasteiger partial charge in [0.15, 0.2) is 0 Å². The molecule has 1 aliphatic rings. The predicted molar refractivity (Wildman–Crippen MR) is 86.6 cm³/mol. The Morgan fingerprint density at radius 1 is 1.30 bits per heavy atom. The molecule has 0 saturated heterocycles. The van der Waals surface area contributed by atoms with Gasteiger partial charge in [0, 0.05) is 17.5 Å². The zero-order valence-electron chi connectivity index (χ0n) is 13.1. The number of carboxylic acids is 1. The van der Waals surface area contributed by atoms with Crippen LogP contribution in [-0.4, -0.2) is 33.7 Å². The van der Waals surface area contributed by atoms with Crippen LogP contribution in [0.2, 0.25) is 0 Å². The highest BCUT2D eigenvalue weighted by atomic mass is 16.5. The Hall–Kier alpha value is -2.63. The van der Waals surface area contributed by atoms with Crippen molar-refractivity contribution in [3.05, 3.63) is 36.2 Å². The fourth-order valence-electron chi connectivity index (χ4n) is 2.72. The lowest BCUT2D eigenvalue weighted by molar-refractivity contribution is -0.138. The van der Waals surface area contributed by atoms with E-state index in [4.69, 9.17) is 4.74 Å². The molecule has 3 rings (SSSR count). The first-order valence-corrected chi connectivity index (χ1v) is 7.63. The standard InChI is InChI=1S/C17H19N3O3/c1-10(2)14(17(21)22)20-16-12-7-8-23-13-6-4-3-5-11(13)15(12)18-9-19-16/h3-6,9-10,14H,7-8H2,1-2H3,(H,21,22)(H,18,19,20). The summed E-state index contributed by atoms with van der Waals surface area (Å²) in [5.41, 5.74) is 2.59. The molecular weight excluding hydrogens is 294 g/mol. The highest BCUT2D eigenvalue weighted by molar-refractivity contribution is 5.79. The molecular formula is C17H19N3O3. The second-order valence-corrected chi connectivity index (χ2v) is 5.85. The number of carboxylic acid groups (broad SMARTS) is 1. The highest BCUT2D eigenvalue weighted by Gasteiger charge is 2.25. The summed E-state index contributed by atoms with van der Waals surface area (Å²) in [6, 6.07) is 7.01. The molecule has 0 spiro atoms. The van der Waals surface area contributed by atoms with Gasteiger partial charge in [-0.2, -0.15) is 0 Å². The van der Waals surface area contributed by atoms with Gasteiger partial charge in [0.05, 0.1) is 12.3 Å². The third-order valence-electron chi connectivity index (χ3n) is 3.92. The van der Waals surface area contributed by atoms with Gasteiger partial charge in [0.1, 0.15) is 23.9 Å². The first kappa shape index (κ1) is 15.3. The number of benzene rings is 1. The first-order valence-electron chi connectivity index (χ1n) is 7.63. The minimum Gasteiger partial charge on any atom is -0.493 e. The lowest BCUT2D eigenvalue weighted by Gasteiger charge is -2.20. The molecule has 1 aromatic carbocycles. The molecule has 2 N–H and O–H groups in total. The van der Waals surface area contributed by atoms with E-state index in [0.717, 1.165) is 22.6 Å². The second-order valence-electron chi connectivity index (χ2n) is 5.85. The molecule has 1 unspecified atom stereocenters.